The van der Waals surface area contributed by atoms with Crippen molar-refractivity contribution >= 4 is 40.2 Å². The van der Waals surface area contributed by atoms with E-state index in [1.807, 2.05) is 17.0 Å². The Kier molecular flexibility index (Phi) is 4.16. The van der Waals surface area contributed by atoms with Gasteiger partial charge in [0.05, 0.1) is 10.7 Å². The number of methoxy groups -OCH3 is 1. The first-order chi connectivity index (χ1) is 10.6. The summed E-state index contributed by atoms with van der Waals surface area (Å²) < 4.78 is 6.36. The van der Waals surface area contributed by atoms with Crippen molar-refractivity contribution in [1.29, 1.82) is 0 Å². The normalized spacial score (nSPS) is 20.5. The first-order valence-electron chi connectivity index (χ1n) is 7.39. The van der Waals surface area contributed by atoms with E-state index in [4.69, 9.17) is 16.2 Å². The fraction of sp³-hybridized carbons (Fsp3) is 0.467. The van der Waals surface area contributed by atoms with Crippen LogP contribution in [0.3, 0.4) is 0 Å². The number of guanidine groups is 2. The van der Waals surface area contributed by atoms with E-state index in [1.165, 1.54) is 6.42 Å². The number of nitrogens with zero attached hydrogens (tertiary/aromatic N) is 3. The molecule has 3 rings (SSSR count). The maximum atomic E-state index is 6.21. The Morgan fingerprint density at radius 1 is 1.23 bits per heavy atom. The minimum Gasteiger partial charge on any atom is -0.496 e. The van der Waals surface area contributed by atoms with Gasteiger partial charge in [-0.05, 0) is 66.5 Å². The van der Waals surface area contributed by atoms with Crippen molar-refractivity contribution in [2.75, 3.05) is 12.0 Å². The first-order valence-corrected chi connectivity index (χ1v) is 8.47. The maximum absolute atomic E-state index is 6.21. The second-order valence-corrected chi connectivity index (χ2v) is 6.80. The maximum Gasteiger partial charge on any atom is 0.220 e. The molecule has 0 bridgehead atoms. The summed E-state index contributed by atoms with van der Waals surface area (Å²) in [6.45, 7) is 0. The molecular weight excluding hydrogens is 393 g/mol. The molecule has 1 aliphatic heterocycles. The molecule has 0 unspecified atom stereocenters. The molecule has 6 nitrogen and oxygen atoms in total. The number of hydrogen-bond acceptors (Lipinski definition) is 6. The van der Waals surface area contributed by atoms with Gasteiger partial charge in [-0.25, -0.2) is 4.99 Å². The van der Waals surface area contributed by atoms with Crippen molar-refractivity contribution in [2.45, 2.75) is 37.8 Å². The highest BCUT2D eigenvalue weighted by atomic mass is 127. The van der Waals surface area contributed by atoms with Gasteiger partial charge in [-0.15, -0.1) is 0 Å². The Balaban J connectivity index is 2.06. The van der Waals surface area contributed by atoms with Gasteiger partial charge in [-0.2, -0.15) is 4.99 Å². The van der Waals surface area contributed by atoms with E-state index in [-0.39, 0.29) is 5.96 Å². The highest BCUT2D eigenvalue weighted by molar-refractivity contribution is 14.1. The largest absolute Gasteiger partial charge is 0.496 e. The molecule has 1 aromatic carbocycles. The summed E-state index contributed by atoms with van der Waals surface area (Å²) in [5.41, 5.74) is 12.7. The van der Waals surface area contributed by atoms with Crippen LogP contribution in [0.15, 0.2) is 28.2 Å². The number of hydrogen-bond donors (Lipinski definition) is 2. The van der Waals surface area contributed by atoms with Gasteiger partial charge in [0.15, 0.2) is 0 Å². The summed E-state index contributed by atoms with van der Waals surface area (Å²) in [6.07, 6.45) is 5.34. The number of anilines is 1. The number of aliphatic imine (C=N–C) groups is 2. The molecule has 0 aromatic heterocycles. The third kappa shape index (κ3) is 2.62. The molecule has 1 fully saturated rings. The lowest BCUT2D eigenvalue weighted by molar-refractivity contribution is 0.305. The van der Waals surface area contributed by atoms with Crippen LogP contribution in [0, 0.1) is 3.57 Å². The van der Waals surface area contributed by atoms with Crippen LogP contribution in [0.5, 0.6) is 5.75 Å². The van der Waals surface area contributed by atoms with Gasteiger partial charge in [-0.1, -0.05) is 6.42 Å². The van der Waals surface area contributed by atoms with Gasteiger partial charge < -0.3 is 16.2 Å². The smallest absolute Gasteiger partial charge is 0.220 e. The van der Waals surface area contributed by atoms with E-state index in [9.17, 15) is 0 Å². The Hall–Kier alpha value is -1.51. The zero-order valence-corrected chi connectivity index (χ0v) is 14.7. The lowest BCUT2D eigenvalue weighted by Gasteiger charge is -2.45. The Labute approximate surface area is 143 Å². The summed E-state index contributed by atoms with van der Waals surface area (Å²) in [5, 5.41) is 0. The van der Waals surface area contributed by atoms with Crippen LogP contribution in [-0.2, 0) is 0 Å². The zero-order chi connectivity index (χ0) is 15.7. The third-order valence-electron chi connectivity index (χ3n) is 4.24. The lowest BCUT2D eigenvalue weighted by atomic mass is 9.87. The summed E-state index contributed by atoms with van der Waals surface area (Å²) >= 11 is 2.26. The van der Waals surface area contributed by atoms with Gasteiger partial charge in [0.25, 0.3) is 0 Å². The third-order valence-corrected chi connectivity index (χ3v) is 5.09. The minimum absolute atomic E-state index is 0.277. The van der Waals surface area contributed by atoms with Crippen molar-refractivity contribution in [2.24, 2.45) is 21.5 Å². The molecule has 0 atom stereocenters. The minimum atomic E-state index is -0.397. The van der Waals surface area contributed by atoms with Gasteiger partial charge >= 0.3 is 0 Å². The first kappa shape index (κ1) is 15.4. The summed E-state index contributed by atoms with van der Waals surface area (Å²) in [4.78, 5) is 10.9. The molecule has 4 N–H and O–H groups in total. The molecule has 7 heteroatoms. The van der Waals surface area contributed by atoms with Gasteiger partial charge in [-0.3, -0.25) is 4.90 Å². The molecule has 0 radical (unpaired) electrons. The highest BCUT2D eigenvalue weighted by Gasteiger charge is 2.42. The monoisotopic (exact) mass is 413 g/mol. The highest BCUT2D eigenvalue weighted by Crippen LogP contribution is 2.40. The molecular formula is C15H20IN5O. The molecule has 118 valence electrons. The second kappa shape index (κ2) is 5.94. The van der Waals surface area contributed by atoms with Crippen LogP contribution in [0.2, 0.25) is 0 Å². The molecule has 0 saturated heterocycles. The molecule has 1 saturated carbocycles. The van der Waals surface area contributed by atoms with Crippen LogP contribution < -0.4 is 21.1 Å². The average molecular weight is 413 g/mol. The van der Waals surface area contributed by atoms with Gasteiger partial charge in [0.2, 0.25) is 11.9 Å². The number of halogens is 1. The van der Waals surface area contributed by atoms with Crippen molar-refractivity contribution in [3.05, 3.63) is 21.8 Å². The van der Waals surface area contributed by atoms with E-state index in [2.05, 4.69) is 38.6 Å². The number of nitrogens with two attached hydrogens (primary N) is 2. The van der Waals surface area contributed by atoms with Crippen molar-refractivity contribution < 1.29 is 4.74 Å². The van der Waals surface area contributed by atoms with Gasteiger partial charge in [0, 0.05) is 5.69 Å². The molecule has 1 spiro atoms. The quantitative estimate of drug-likeness (QED) is 0.729. The fourth-order valence-electron chi connectivity index (χ4n) is 3.29. The lowest BCUT2D eigenvalue weighted by Crippen LogP contribution is -2.58. The molecule has 1 aromatic rings. The van der Waals surface area contributed by atoms with Crippen LogP contribution in [0.25, 0.3) is 0 Å². The molecule has 22 heavy (non-hydrogen) atoms. The van der Waals surface area contributed by atoms with Gasteiger partial charge in [0.1, 0.15) is 11.4 Å². The van der Waals surface area contributed by atoms with Crippen molar-refractivity contribution in [1.82, 2.24) is 0 Å². The zero-order valence-electron chi connectivity index (χ0n) is 12.6. The summed E-state index contributed by atoms with van der Waals surface area (Å²) in [7, 11) is 1.67. The van der Waals surface area contributed by atoms with Crippen LogP contribution in [-0.4, -0.2) is 24.7 Å². The van der Waals surface area contributed by atoms with E-state index in [0.29, 0.717) is 5.96 Å². The Morgan fingerprint density at radius 3 is 2.59 bits per heavy atom. The Morgan fingerprint density at radius 2 is 1.95 bits per heavy atom. The molecule has 2 aliphatic rings. The number of ether oxygens (including phenoxy) is 1. The SMILES string of the molecule is COc1ccc(N2C(N)=NC(N)=NC23CCCCC3)cc1I. The topological polar surface area (TPSA) is 89.2 Å². The van der Waals surface area contributed by atoms with E-state index < -0.39 is 5.66 Å². The summed E-state index contributed by atoms with van der Waals surface area (Å²) in [5.74, 6) is 1.53. The standard InChI is InChI=1S/C15H20IN5O/c1-22-12-6-5-10(9-11(12)16)21-14(18)19-13(17)20-15(21)7-3-2-4-8-15/h5-6,9H,2-4,7-8H2,1H3,(H4,17,18,19,20). The Bertz CT molecular complexity index is 637. The fourth-order valence-corrected chi connectivity index (χ4v) is 4.01. The molecule has 1 aliphatic carbocycles. The second-order valence-electron chi connectivity index (χ2n) is 5.64. The van der Waals surface area contributed by atoms with E-state index in [0.717, 1.165) is 40.7 Å². The number of rotatable bonds is 2. The van der Waals surface area contributed by atoms with E-state index in [1.54, 1.807) is 7.11 Å². The number of benzene rings is 1. The molecule has 1 heterocycles. The van der Waals surface area contributed by atoms with E-state index >= 15 is 0 Å². The summed E-state index contributed by atoms with van der Waals surface area (Å²) in [6, 6.07) is 5.99. The van der Waals surface area contributed by atoms with Crippen LogP contribution >= 0.6 is 22.6 Å². The van der Waals surface area contributed by atoms with Crippen LogP contribution in [0.1, 0.15) is 32.1 Å². The predicted octanol–water partition coefficient (Wildman–Crippen LogP) is 2.41. The van der Waals surface area contributed by atoms with Crippen molar-refractivity contribution in [3.8, 4) is 5.75 Å². The molecule has 0 amide bonds. The van der Waals surface area contributed by atoms with Crippen molar-refractivity contribution in [3.63, 3.8) is 0 Å². The van der Waals surface area contributed by atoms with Crippen LogP contribution in [0.4, 0.5) is 5.69 Å². The predicted molar refractivity (Wildman–Crippen MR) is 97.3 cm³/mol. The average Bonchev–Trinajstić information content (AvgIpc) is 2.47.